The van der Waals surface area contributed by atoms with Gasteiger partial charge in [0, 0.05) is 45.8 Å². The maximum absolute atomic E-state index is 13.2. The van der Waals surface area contributed by atoms with Crippen LogP contribution in [0.5, 0.6) is 0 Å². The molecule has 0 aromatic carbocycles. The number of hydrogen-bond acceptors (Lipinski definition) is 4. The molecule has 1 spiro atoms. The Morgan fingerprint density at radius 2 is 1.90 bits per heavy atom. The zero-order valence-corrected chi connectivity index (χ0v) is 17.9. The van der Waals surface area contributed by atoms with Crippen molar-refractivity contribution in [2.24, 2.45) is 18.4 Å². The van der Waals surface area contributed by atoms with Gasteiger partial charge in [0.1, 0.15) is 0 Å². The molecule has 2 amide bonds. The second-order valence-corrected chi connectivity index (χ2v) is 9.14. The molecular formula is C22H34N4O3. The number of aryl methyl sites for hydroxylation is 2. The molecule has 4 rings (SSSR count). The van der Waals surface area contributed by atoms with Crippen LogP contribution in [-0.4, -0.2) is 70.8 Å². The maximum atomic E-state index is 13.2. The lowest BCUT2D eigenvalue weighted by atomic mass is 9.66. The van der Waals surface area contributed by atoms with Crippen LogP contribution in [0.1, 0.15) is 61.0 Å². The van der Waals surface area contributed by atoms with Gasteiger partial charge in [-0.3, -0.25) is 14.3 Å². The summed E-state index contributed by atoms with van der Waals surface area (Å²) in [5.74, 6) is 0.753. The lowest BCUT2D eigenvalue weighted by molar-refractivity contribution is -0.135. The van der Waals surface area contributed by atoms with Gasteiger partial charge < -0.3 is 14.5 Å². The highest BCUT2D eigenvalue weighted by atomic mass is 16.5. The summed E-state index contributed by atoms with van der Waals surface area (Å²) in [6, 6.07) is 0. The fraction of sp³-hybridized carbons (Fsp3) is 0.773. The maximum Gasteiger partial charge on any atom is 0.257 e. The molecule has 3 aliphatic rings. The van der Waals surface area contributed by atoms with Crippen molar-refractivity contribution in [3.8, 4) is 0 Å². The van der Waals surface area contributed by atoms with Gasteiger partial charge >= 0.3 is 0 Å². The van der Waals surface area contributed by atoms with Gasteiger partial charge in [0.2, 0.25) is 5.91 Å². The molecule has 2 aliphatic heterocycles. The van der Waals surface area contributed by atoms with E-state index in [-0.39, 0.29) is 17.2 Å². The van der Waals surface area contributed by atoms with Crippen LogP contribution in [0.25, 0.3) is 0 Å². The molecule has 2 saturated heterocycles. The SMILES string of the molecule is Cc1nn(C)cc1C(=O)N1CC(CCC(=O)N2CCOCC2)C2(CCCCC2)C1. The second kappa shape index (κ2) is 8.46. The van der Waals surface area contributed by atoms with Gasteiger partial charge in [0.25, 0.3) is 5.91 Å². The molecule has 1 aliphatic carbocycles. The molecular weight excluding hydrogens is 368 g/mol. The molecule has 3 fully saturated rings. The average molecular weight is 403 g/mol. The van der Waals surface area contributed by atoms with E-state index in [1.807, 2.05) is 30.0 Å². The molecule has 1 unspecified atom stereocenters. The summed E-state index contributed by atoms with van der Waals surface area (Å²) >= 11 is 0. The summed E-state index contributed by atoms with van der Waals surface area (Å²) in [6.07, 6.45) is 9.42. The van der Waals surface area contributed by atoms with E-state index < -0.39 is 0 Å². The van der Waals surface area contributed by atoms with Crippen LogP contribution < -0.4 is 0 Å². The molecule has 0 radical (unpaired) electrons. The van der Waals surface area contributed by atoms with E-state index in [9.17, 15) is 9.59 Å². The van der Waals surface area contributed by atoms with E-state index in [1.54, 1.807) is 4.68 Å². The summed E-state index contributed by atoms with van der Waals surface area (Å²) < 4.78 is 7.08. The topological polar surface area (TPSA) is 67.7 Å². The van der Waals surface area contributed by atoms with E-state index in [2.05, 4.69) is 5.10 Å². The number of nitrogens with zero attached hydrogens (tertiary/aromatic N) is 4. The van der Waals surface area contributed by atoms with E-state index in [1.165, 1.54) is 32.1 Å². The summed E-state index contributed by atoms with van der Waals surface area (Å²) in [7, 11) is 1.86. The van der Waals surface area contributed by atoms with Crippen LogP contribution in [0.2, 0.25) is 0 Å². The summed E-state index contributed by atoms with van der Waals surface area (Å²) in [5.41, 5.74) is 1.69. The van der Waals surface area contributed by atoms with Crippen molar-refractivity contribution >= 4 is 11.8 Å². The number of hydrogen-bond donors (Lipinski definition) is 0. The zero-order valence-electron chi connectivity index (χ0n) is 17.9. The first-order valence-corrected chi connectivity index (χ1v) is 11.1. The third-order valence-corrected chi connectivity index (χ3v) is 7.26. The highest BCUT2D eigenvalue weighted by Gasteiger charge is 2.48. The van der Waals surface area contributed by atoms with Gasteiger partial charge in [-0.1, -0.05) is 19.3 Å². The largest absolute Gasteiger partial charge is 0.378 e. The Hall–Kier alpha value is -1.89. The number of rotatable bonds is 4. The summed E-state index contributed by atoms with van der Waals surface area (Å²) in [4.78, 5) is 29.9. The number of carbonyl (C=O) groups excluding carboxylic acids is 2. The molecule has 29 heavy (non-hydrogen) atoms. The molecule has 7 heteroatoms. The van der Waals surface area contributed by atoms with E-state index in [4.69, 9.17) is 4.74 Å². The van der Waals surface area contributed by atoms with E-state index in [0.717, 1.165) is 25.2 Å². The Morgan fingerprint density at radius 1 is 1.17 bits per heavy atom. The van der Waals surface area contributed by atoms with Crippen molar-refractivity contribution in [1.29, 1.82) is 0 Å². The van der Waals surface area contributed by atoms with Crippen molar-refractivity contribution < 1.29 is 14.3 Å². The molecule has 3 heterocycles. The molecule has 0 bridgehead atoms. The molecule has 7 nitrogen and oxygen atoms in total. The van der Waals surface area contributed by atoms with E-state index in [0.29, 0.717) is 44.2 Å². The number of amides is 2. The smallest absolute Gasteiger partial charge is 0.257 e. The summed E-state index contributed by atoms with van der Waals surface area (Å²) in [5, 5.41) is 4.35. The monoisotopic (exact) mass is 402 g/mol. The molecule has 0 N–H and O–H groups in total. The van der Waals surface area contributed by atoms with Crippen molar-refractivity contribution in [1.82, 2.24) is 19.6 Å². The third kappa shape index (κ3) is 4.20. The Bertz CT molecular complexity index is 747. The number of likely N-dealkylation sites (tertiary alicyclic amines) is 1. The van der Waals surface area contributed by atoms with Gasteiger partial charge in [-0.15, -0.1) is 0 Å². The minimum absolute atomic E-state index is 0.0996. The molecule has 160 valence electrons. The number of morpholine rings is 1. The zero-order chi connectivity index (χ0) is 20.4. The quantitative estimate of drug-likeness (QED) is 0.776. The second-order valence-electron chi connectivity index (χ2n) is 9.14. The van der Waals surface area contributed by atoms with Gasteiger partial charge in [-0.2, -0.15) is 5.10 Å². The average Bonchev–Trinajstić information content (AvgIpc) is 3.26. The molecule has 1 atom stereocenters. The number of aromatic nitrogens is 2. The van der Waals surface area contributed by atoms with Crippen molar-refractivity contribution in [2.75, 3.05) is 39.4 Å². The Labute approximate surface area is 173 Å². The predicted molar refractivity (Wildman–Crippen MR) is 109 cm³/mol. The lowest BCUT2D eigenvalue weighted by Gasteiger charge is -2.38. The van der Waals surface area contributed by atoms with Gasteiger partial charge in [-0.05, 0) is 37.5 Å². The highest BCUT2D eigenvalue weighted by Crippen LogP contribution is 2.49. The first-order chi connectivity index (χ1) is 14.0. The molecule has 1 aromatic rings. The van der Waals surface area contributed by atoms with Crippen LogP contribution in [-0.2, 0) is 16.6 Å². The first-order valence-electron chi connectivity index (χ1n) is 11.1. The van der Waals surface area contributed by atoms with Crippen LogP contribution >= 0.6 is 0 Å². The summed E-state index contributed by atoms with van der Waals surface area (Å²) in [6.45, 7) is 6.20. The predicted octanol–water partition coefficient (Wildman–Crippen LogP) is 2.39. The van der Waals surface area contributed by atoms with Crippen LogP contribution in [0.4, 0.5) is 0 Å². The minimum Gasteiger partial charge on any atom is -0.378 e. The van der Waals surface area contributed by atoms with Gasteiger partial charge in [0.15, 0.2) is 0 Å². The Morgan fingerprint density at radius 3 is 2.55 bits per heavy atom. The highest BCUT2D eigenvalue weighted by molar-refractivity contribution is 5.95. The number of ether oxygens (including phenoxy) is 1. The van der Waals surface area contributed by atoms with Gasteiger partial charge in [-0.25, -0.2) is 0 Å². The minimum atomic E-state index is 0.0996. The normalized spacial score (nSPS) is 24.3. The fourth-order valence-corrected chi connectivity index (χ4v) is 5.66. The molecule has 1 saturated carbocycles. The van der Waals surface area contributed by atoms with Gasteiger partial charge in [0.05, 0.1) is 24.5 Å². The lowest BCUT2D eigenvalue weighted by Crippen LogP contribution is -2.41. The Kier molecular flexibility index (Phi) is 5.95. The first kappa shape index (κ1) is 20.4. The Balaban J connectivity index is 1.45. The van der Waals surface area contributed by atoms with Crippen molar-refractivity contribution in [3.05, 3.63) is 17.5 Å². The third-order valence-electron chi connectivity index (χ3n) is 7.26. The fourth-order valence-electron chi connectivity index (χ4n) is 5.66. The van der Waals surface area contributed by atoms with Crippen molar-refractivity contribution in [2.45, 2.75) is 51.9 Å². The van der Waals surface area contributed by atoms with Crippen LogP contribution in [0.3, 0.4) is 0 Å². The van der Waals surface area contributed by atoms with Crippen LogP contribution in [0.15, 0.2) is 6.20 Å². The van der Waals surface area contributed by atoms with Crippen LogP contribution in [0, 0.1) is 18.3 Å². The molecule has 1 aromatic heterocycles. The van der Waals surface area contributed by atoms with E-state index >= 15 is 0 Å². The van der Waals surface area contributed by atoms with Crippen molar-refractivity contribution in [3.63, 3.8) is 0 Å². The number of carbonyl (C=O) groups is 2. The standard InChI is InChI=1S/C22H34N4O3/c1-17-19(15-24(2)23-17)21(28)26-14-18(22(16-26)8-4-3-5-9-22)6-7-20(27)25-10-12-29-13-11-25/h15,18H,3-14,16H2,1-2H3.